The van der Waals surface area contributed by atoms with Crippen LogP contribution in [0.4, 0.5) is 18.2 Å². The molecule has 0 bridgehead atoms. The van der Waals surface area contributed by atoms with Crippen LogP contribution in [0.5, 0.6) is 0 Å². The standard InChI is InChI=1S/C18H21F3N2O2S/c19-18(20,21)11-5-6-13-12(7-11)14(16(25)22-8-9-1-2-9)17(26-13)23-15(24)10-3-4-10/h9-11H,1-8H2,(H,22,25)(H,23,24)/t11-/m0/s1. The molecule has 0 unspecified atom stereocenters. The van der Waals surface area contributed by atoms with Gasteiger partial charge < -0.3 is 10.6 Å². The number of thiophene rings is 1. The van der Waals surface area contributed by atoms with Crippen LogP contribution >= 0.6 is 11.3 Å². The second-order valence-corrected chi connectivity index (χ2v) is 8.71. The van der Waals surface area contributed by atoms with Gasteiger partial charge in [0.05, 0.1) is 11.5 Å². The molecule has 1 atom stereocenters. The van der Waals surface area contributed by atoms with Crippen molar-refractivity contribution in [3.8, 4) is 0 Å². The van der Waals surface area contributed by atoms with Gasteiger partial charge in [-0.05, 0) is 56.4 Å². The molecule has 0 aromatic carbocycles. The van der Waals surface area contributed by atoms with Gasteiger partial charge in [-0.15, -0.1) is 11.3 Å². The van der Waals surface area contributed by atoms with Gasteiger partial charge in [-0.25, -0.2) is 0 Å². The first kappa shape index (κ1) is 17.8. The number of nitrogens with one attached hydrogen (secondary N) is 2. The van der Waals surface area contributed by atoms with E-state index >= 15 is 0 Å². The number of carbonyl (C=O) groups is 2. The minimum absolute atomic E-state index is 0.0283. The Bertz CT molecular complexity index is 736. The number of anilines is 1. The van der Waals surface area contributed by atoms with Crippen LogP contribution in [0.2, 0.25) is 0 Å². The topological polar surface area (TPSA) is 58.2 Å². The third-order valence-electron chi connectivity index (χ3n) is 5.38. The number of rotatable bonds is 5. The smallest absolute Gasteiger partial charge is 0.352 e. The van der Waals surface area contributed by atoms with Crippen LogP contribution in [0.15, 0.2) is 0 Å². The third kappa shape index (κ3) is 3.75. The van der Waals surface area contributed by atoms with Crippen molar-refractivity contribution in [1.82, 2.24) is 5.32 Å². The Morgan fingerprint density at radius 2 is 1.85 bits per heavy atom. The number of carbonyl (C=O) groups excluding carboxylic acids is 2. The second kappa shape index (κ2) is 6.55. The van der Waals surface area contributed by atoms with E-state index < -0.39 is 12.1 Å². The molecule has 2 saturated carbocycles. The summed E-state index contributed by atoms with van der Waals surface area (Å²) >= 11 is 1.27. The average molecular weight is 386 g/mol. The SMILES string of the molecule is O=C(NCC1CC1)c1c(NC(=O)C2CC2)sc2c1C[C@@H](C(F)(F)F)CC2. The number of fused-ring (bicyclic) bond motifs is 1. The normalized spacial score (nSPS) is 22.7. The summed E-state index contributed by atoms with van der Waals surface area (Å²) in [7, 11) is 0. The zero-order valence-electron chi connectivity index (χ0n) is 14.2. The van der Waals surface area contributed by atoms with Crippen LogP contribution in [0.25, 0.3) is 0 Å². The molecule has 4 nitrogen and oxygen atoms in total. The van der Waals surface area contributed by atoms with Gasteiger partial charge >= 0.3 is 6.18 Å². The Hall–Kier alpha value is -1.57. The molecule has 8 heteroatoms. The van der Waals surface area contributed by atoms with Crippen molar-refractivity contribution in [1.29, 1.82) is 0 Å². The molecule has 3 aliphatic carbocycles. The van der Waals surface area contributed by atoms with E-state index in [9.17, 15) is 22.8 Å². The molecule has 4 rings (SSSR count). The van der Waals surface area contributed by atoms with Gasteiger partial charge in [0.15, 0.2) is 0 Å². The van der Waals surface area contributed by atoms with Crippen LogP contribution < -0.4 is 10.6 Å². The second-order valence-electron chi connectivity index (χ2n) is 7.61. The molecule has 2 amide bonds. The fraction of sp³-hybridized carbons (Fsp3) is 0.667. The van der Waals surface area contributed by atoms with Crippen LogP contribution in [0.3, 0.4) is 0 Å². The number of alkyl halides is 3. The quantitative estimate of drug-likeness (QED) is 0.806. The predicted octanol–water partition coefficient (Wildman–Crippen LogP) is 3.90. The lowest BCUT2D eigenvalue weighted by Crippen LogP contribution is -2.31. The first-order chi connectivity index (χ1) is 12.3. The monoisotopic (exact) mass is 386 g/mol. The van der Waals surface area contributed by atoms with E-state index in [0.29, 0.717) is 29.4 Å². The van der Waals surface area contributed by atoms with Crippen LogP contribution in [-0.2, 0) is 17.6 Å². The van der Waals surface area contributed by atoms with Crippen molar-refractivity contribution in [3.05, 3.63) is 16.0 Å². The molecule has 0 radical (unpaired) electrons. The van der Waals surface area contributed by atoms with Gasteiger partial charge in [0, 0.05) is 17.3 Å². The number of amides is 2. The van der Waals surface area contributed by atoms with E-state index in [4.69, 9.17) is 0 Å². The minimum Gasteiger partial charge on any atom is -0.352 e. The predicted molar refractivity (Wildman–Crippen MR) is 92.3 cm³/mol. The van der Waals surface area contributed by atoms with Crippen molar-refractivity contribution in [2.24, 2.45) is 17.8 Å². The molecule has 142 valence electrons. The molecular formula is C18H21F3N2O2S. The van der Waals surface area contributed by atoms with E-state index in [1.165, 1.54) is 11.3 Å². The van der Waals surface area contributed by atoms with Crippen LogP contribution in [0, 0.1) is 17.8 Å². The fourth-order valence-electron chi connectivity index (χ4n) is 3.40. The zero-order chi connectivity index (χ0) is 18.5. The largest absolute Gasteiger partial charge is 0.392 e. The summed E-state index contributed by atoms with van der Waals surface area (Å²) in [5.74, 6) is -1.47. The van der Waals surface area contributed by atoms with Gasteiger partial charge in [-0.3, -0.25) is 9.59 Å². The van der Waals surface area contributed by atoms with Crippen molar-refractivity contribution in [3.63, 3.8) is 0 Å². The van der Waals surface area contributed by atoms with Crippen molar-refractivity contribution >= 4 is 28.2 Å². The summed E-state index contributed by atoms with van der Waals surface area (Å²) in [6, 6.07) is 0. The molecule has 1 heterocycles. The van der Waals surface area contributed by atoms with Gasteiger partial charge in [-0.2, -0.15) is 13.2 Å². The fourth-order valence-corrected chi connectivity index (χ4v) is 4.64. The Kier molecular flexibility index (Phi) is 4.49. The summed E-state index contributed by atoms with van der Waals surface area (Å²) in [5.41, 5.74) is 0.733. The van der Waals surface area contributed by atoms with Gasteiger partial charge in [0.25, 0.3) is 5.91 Å². The molecule has 2 fully saturated rings. The highest BCUT2D eigenvalue weighted by molar-refractivity contribution is 7.17. The summed E-state index contributed by atoms with van der Waals surface area (Å²) in [6.07, 6.45) is -0.304. The Morgan fingerprint density at radius 1 is 1.12 bits per heavy atom. The number of hydrogen-bond acceptors (Lipinski definition) is 3. The van der Waals surface area contributed by atoms with E-state index in [-0.39, 0.29) is 36.1 Å². The highest BCUT2D eigenvalue weighted by atomic mass is 32.1. The van der Waals surface area contributed by atoms with Crippen molar-refractivity contribution in [2.75, 3.05) is 11.9 Å². The molecule has 3 aliphatic rings. The summed E-state index contributed by atoms with van der Waals surface area (Å²) in [4.78, 5) is 25.7. The van der Waals surface area contributed by atoms with E-state index in [1.807, 2.05) is 0 Å². The van der Waals surface area contributed by atoms with Crippen molar-refractivity contribution < 1.29 is 22.8 Å². The number of hydrogen-bond donors (Lipinski definition) is 2. The maximum Gasteiger partial charge on any atom is 0.392 e. The maximum absolute atomic E-state index is 13.2. The van der Waals surface area contributed by atoms with E-state index in [0.717, 1.165) is 30.6 Å². The molecule has 0 spiro atoms. The molecule has 1 aromatic heterocycles. The molecule has 26 heavy (non-hydrogen) atoms. The van der Waals surface area contributed by atoms with Gasteiger partial charge in [0.2, 0.25) is 5.91 Å². The molecule has 0 saturated heterocycles. The summed E-state index contributed by atoms with van der Waals surface area (Å²) < 4.78 is 39.6. The Morgan fingerprint density at radius 3 is 2.46 bits per heavy atom. The zero-order valence-corrected chi connectivity index (χ0v) is 15.1. The van der Waals surface area contributed by atoms with Crippen LogP contribution in [-0.4, -0.2) is 24.5 Å². The van der Waals surface area contributed by atoms with E-state index in [2.05, 4.69) is 10.6 Å². The lowest BCUT2D eigenvalue weighted by atomic mass is 9.86. The molecule has 2 N–H and O–H groups in total. The van der Waals surface area contributed by atoms with Gasteiger partial charge in [-0.1, -0.05) is 0 Å². The highest BCUT2D eigenvalue weighted by Crippen LogP contribution is 2.44. The number of aryl methyl sites for hydroxylation is 1. The van der Waals surface area contributed by atoms with Gasteiger partial charge in [0.1, 0.15) is 5.00 Å². The first-order valence-corrected chi connectivity index (χ1v) is 9.95. The van der Waals surface area contributed by atoms with Crippen molar-refractivity contribution in [2.45, 2.75) is 51.1 Å². The molecule has 1 aromatic rings. The Labute approximate surface area is 153 Å². The van der Waals surface area contributed by atoms with E-state index in [1.54, 1.807) is 0 Å². The first-order valence-electron chi connectivity index (χ1n) is 9.13. The van der Waals surface area contributed by atoms with Crippen LogP contribution in [0.1, 0.15) is 52.9 Å². The Balaban J connectivity index is 1.61. The highest BCUT2D eigenvalue weighted by Gasteiger charge is 2.43. The number of halogens is 3. The molecule has 0 aliphatic heterocycles. The minimum atomic E-state index is -4.27. The maximum atomic E-state index is 13.2. The molecular weight excluding hydrogens is 365 g/mol. The third-order valence-corrected chi connectivity index (χ3v) is 6.59. The summed E-state index contributed by atoms with van der Waals surface area (Å²) in [6.45, 7) is 0.544. The lowest BCUT2D eigenvalue weighted by molar-refractivity contribution is -0.177. The average Bonchev–Trinajstić information content (AvgIpc) is 3.47. The summed E-state index contributed by atoms with van der Waals surface area (Å²) in [5, 5.41) is 6.07. The lowest BCUT2D eigenvalue weighted by Gasteiger charge is -2.25.